The number of nitrogens with zero attached hydrogens (tertiary/aromatic N) is 2. The minimum absolute atomic E-state index is 0.0199. The number of rotatable bonds is 3. The number of ether oxygens (including phenoxy) is 1. The second-order valence-electron chi connectivity index (χ2n) is 4.92. The highest BCUT2D eigenvalue weighted by Gasteiger charge is 2.18. The van der Waals surface area contributed by atoms with Crippen molar-refractivity contribution in [1.29, 1.82) is 0 Å². The average molecular weight is 287 g/mol. The fraction of sp³-hybridized carbons (Fsp3) is 0.267. The Hall–Kier alpha value is -2.50. The number of hydrogen-bond donors (Lipinski definition) is 1. The first kappa shape index (κ1) is 13.5. The Labute approximate surface area is 121 Å². The van der Waals surface area contributed by atoms with Gasteiger partial charge in [0.2, 0.25) is 11.8 Å². The minimum atomic E-state index is -0.681. The van der Waals surface area contributed by atoms with E-state index >= 15 is 0 Å². The highest BCUT2D eigenvalue weighted by atomic mass is 19.1. The van der Waals surface area contributed by atoms with Gasteiger partial charge in [0.15, 0.2) is 11.6 Å². The van der Waals surface area contributed by atoms with Crippen molar-refractivity contribution in [2.75, 3.05) is 0 Å². The van der Waals surface area contributed by atoms with Crippen molar-refractivity contribution in [2.24, 2.45) is 5.73 Å². The number of carbonyl (C=O) groups is 1. The molecule has 1 aromatic carbocycles. The van der Waals surface area contributed by atoms with Gasteiger partial charge in [-0.15, -0.1) is 0 Å². The number of hydrogen-bond acceptors (Lipinski definition) is 4. The molecule has 1 amide bonds. The monoisotopic (exact) mass is 287 g/mol. The molecule has 2 aromatic rings. The molecule has 0 aliphatic heterocycles. The van der Waals surface area contributed by atoms with E-state index in [1.54, 1.807) is 0 Å². The number of carbonyl (C=O) groups excluding carboxylic acids is 1. The van der Waals surface area contributed by atoms with E-state index in [9.17, 15) is 9.18 Å². The highest BCUT2D eigenvalue weighted by Crippen LogP contribution is 2.30. The fourth-order valence-electron chi connectivity index (χ4n) is 2.42. The van der Waals surface area contributed by atoms with Gasteiger partial charge in [0.05, 0.1) is 5.69 Å². The standard InChI is InChI=1S/C15H14FN3O2/c16-11-7-9(14(17)20)5-6-13(11)21-15-10-3-1-2-4-12(10)18-8-19-15/h5-8H,1-4H2,(H2,17,20). The SMILES string of the molecule is NC(=O)c1ccc(Oc2ncnc3c2CCCC3)c(F)c1. The van der Waals surface area contributed by atoms with Crippen molar-refractivity contribution in [3.63, 3.8) is 0 Å². The van der Waals surface area contributed by atoms with Gasteiger partial charge >= 0.3 is 0 Å². The molecule has 1 aromatic heterocycles. The maximum atomic E-state index is 14.0. The van der Waals surface area contributed by atoms with E-state index in [2.05, 4.69) is 9.97 Å². The van der Waals surface area contributed by atoms with Crippen LogP contribution in [0.1, 0.15) is 34.5 Å². The molecular weight excluding hydrogens is 273 g/mol. The van der Waals surface area contributed by atoms with E-state index in [1.807, 2.05) is 0 Å². The first-order valence-corrected chi connectivity index (χ1v) is 6.75. The van der Waals surface area contributed by atoms with Crippen LogP contribution in [0.5, 0.6) is 11.6 Å². The van der Waals surface area contributed by atoms with Crippen molar-refractivity contribution in [3.05, 3.63) is 47.2 Å². The third-order valence-electron chi connectivity index (χ3n) is 3.51. The van der Waals surface area contributed by atoms with Gasteiger partial charge in [-0.3, -0.25) is 4.79 Å². The van der Waals surface area contributed by atoms with Crippen LogP contribution in [0.15, 0.2) is 24.5 Å². The molecule has 0 atom stereocenters. The van der Waals surface area contributed by atoms with Gasteiger partial charge in [-0.2, -0.15) is 0 Å². The summed E-state index contributed by atoms with van der Waals surface area (Å²) in [5, 5.41) is 0. The molecule has 3 rings (SSSR count). The van der Waals surface area contributed by atoms with E-state index in [-0.39, 0.29) is 11.3 Å². The molecule has 6 heteroatoms. The van der Waals surface area contributed by atoms with E-state index < -0.39 is 11.7 Å². The molecule has 108 valence electrons. The van der Waals surface area contributed by atoms with E-state index in [1.165, 1.54) is 18.5 Å². The topological polar surface area (TPSA) is 78.1 Å². The average Bonchev–Trinajstić information content (AvgIpc) is 2.49. The number of amides is 1. The summed E-state index contributed by atoms with van der Waals surface area (Å²) in [6.45, 7) is 0. The molecule has 0 spiro atoms. The van der Waals surface area contributed by atoms with Gasteiger partial charge in [0, 0.05) is 11.1 Å². The Kier molecular flexibility index (Phi) is 3.51. The number of fused-ring (bicyclic) bond motifs is 1. The summed E-state index contributed by atoms with van der Waals surface area (Å²) in [6, 6.07) is 3.87. The molecule has 1 aliphatic rings. The predicted octanol–water partition coefficient (Wildman–Crippen LogP) is 2.39. The molecule has 0 saturated carbocycles. The fourth-order valence-corrected chi connectivity index (χ4v) is 2.42. The maximum absolute atomic E-state index is 14.0. The quantitative estimate of drug-likeness (QED) is 0.940. The third-order valence-corrected chi connectivity index (χ3v) is 3.51. The van der Waals surface area contributed by atoms with Crippen LogP contribution < -0.4 is 10.5 Å². The van der Waals surface area contributed by atoms with Gasteiger partial charge in [0.1, 0.15) is 6.33 Å². The molecule has 0 fully saturated rings. The van der Waals surface area contributed by atoms with Gasteiger partial charge in [-0.05, 0) is 43.9 Å². The van der Waals surface area contributed by atoms with Crippen LogP contribution in [-0.2, 0) is 12.8 Å². The second kappa shape index (κ2) is 5.47. The summed E-state index contributed by atoms with van der Waals surface area (Å²) in [4.78, 5) is 19.3. The molecule has 5 nitrogen and oxygen atoms in total. The Bertz CT molecular complexity index is 703. The molecule has 0 saturated heterocycles. The van der Waals surface area contributed by atoms with Crippen LogP contribution >= 0.6 is 0 Å². The van der Waals surface area contributed by atoms with Crippen molar-refractivity contribution in [2.45, 2.75) is 25.7 Å². The van der Waals surface area contributed by atoms with Gasteiger partial charge in [-0.1, -0.05) is 0 Å². The van der Waals surface area contributed by atoms with Gasteiger partial charge < -0.3 is 10.5 Å². The third kappa shape index (κ3) is 2.69. The van der Waals surface area contributed by atoms with Crippen LogP contribution in [0.25, 0.3) is 0 Å². The summed E-state index contributed by atoms with van der Waals surface area (Å²) in [5.41, 5.74) is 7.10. The predicted molar refractivity (Wildman–Crippen MR) is 73.7 cm³/mol. The van der Waals surface area contributed by atoms with Crippen LogP contribution in [0.4, 0.5) is 4.39 Å². The highest BCUT2D eigenvalue weighted by molar-refractivity contribution is 5.92. The lowest BCUT2D eigenvalue weighted by atomic mass is 9.97. The van der Waals surface area contributed by atoms with Crippen molar-refractivity contribution in [1.82, 2.24) is 9.97 Å². The zero-order chi connectivity index (χ0) is 14.8. The van der Waals surface area contributed by atoms with E-state index in [4.69, 9.17) is 10.5 Å². The summed E-state index contributed by atoms with van der Waals surface area (Å²) in [7, 11) is 0. The molecule has 0 bridgehead atoms. The van der Waals surface area contributed by atoms with E-state index in [0.717, 1.165) is 43.0 Å². The van der Waals surface area contributed by atoms with Gasteiger partial charge in [0.25, 0.3) is 0 Å². The number of halogens is 1. The second-order valence-corrected chi connectivity index (χ2v) is 4.92. The van der Waals surface area contributed by atoms with E-state index in [0.29, 0.717) is 5.88 Å². The summed E-state index contributed by atoms with van der Waals surface area (Å²) in [5.74, 6) is -0.925. The number of primary amides is 1. The Morgan fingerprint density at radius 3 is 2.81 bits per heavy atom. The summed E-state index contributed by atoms with van der Waals surface area (Å²) in [6.07, 6.45) is 5.27. The van der Waals surface area contributed by atoms with Crippen LogP contribution in [-0.4, -0.2) is 15.9 Å². The van der Waals surface area contributed by atoms with Crippen LogP contribution in [0, 0.1) is 5.82 Å². The first-order chi connectivity index (χ1) is 10.1. The van der Waals surface area contributed by atoms with Crippen molar-refractivity contribution >= 4 is 5.91 Å². The van der Waals surface area contributed by atoms with Crippen LogP contribution in [0.2, 0.25) is 0 Å². The Morgan fingerprint density at radius 1 is 1.24 bits per heavy atom. The zero-order valence-electron chi connectivity index (χ0n) is 11.3. The number of aryl methyl sites for hydroxylation is 1. The lowest BCUT2D eigenvalue weighted by molar-refractivity contribution is 0.1000. The van der Waals surface area contributed by atoms with Crippen molar-refractivity contribution in [3.8, 4) is 11.6 Å². The molecular formula is C15H14FN3O2. The molecule has 1 heterocycles. The lowest BCUT2D eigenvalue weighted by Crippen LogP contribution is -2.11. The van der Waals surface area contributed by atoms with Crippen molar-refractivity contribution < 1.29 is 13.9 Å². The normalized spacial score (nSPS) is 13.6. The maximum Gasteiger partial charge on any atom is 0.248 e. The Morgan fingerprint density at radius 2 is 2.05 bits per heavy atom. The molecule has 2 N–H and O–H groups in total. The molecule has 0 unspecified atom stereocenters. The minimum Gasteiger partial charge on any atom is -0.436 e. The smallest absolute Gasteiger partial charge is 0.248 e. The molecule has 1 aliphatic carbocycles. The largest absolute Gasteiger partial charge is 0.436 e. The summed E-state index contributed by atoms with van der Waals surface area (Å²) >= 11 is 0. The van der Waals surface area contributed by atoms with Gasteiger partial charge in [-0.25, -0.2) is 14.4 Å². The summed E-state index contributed by atoms with van der Waals surface area (Å²) < 4.78 is 19.5. The van der Waals surface area contributed by atoms with Crippen LogP contribution in [0.3, 0.4) is 0 Å². The first-order valence-electron chi connectivity index (χ1n) is 6.75. The lowest BCUT2D eigenvalue weighted by Gasteiger charge is -2.17. The Balaban J connectivity index is 1.92. The number of nitrogens with two attached hydrogens (primary N) is 1. The molecule has 21 heavy (non-hydrogen) atoms. The number of benzene rings is 1. The molecule has 0 radical (unpaired) electrons. The number of aromatic nitrogens is 2. The zero-order valence-corrected chi connectivity index (χ0v) is 11.3.